The van der Waals surface area contributed by atoms with E-state index in [4.69, 9.17) is 9.47 Å². The van der Waals surface area contributed by atoms with E-state index in [-0.39, 0.29) is 29.1 Å². The largest absolute Gasteiger partial charge is 0.507 e. The van der Waals surface area contributed by atoms with E-state index in [9.17, 15) is 27.7 Å². The number of hydrogen-bond donors (Lipinski definition) is 2. The maximum Gasteiger partial charge on any atom is 0.348 e. The standard InChI is InChI=1S/C20H11I3O8S/c21-10-4-6-11(7-5-10)30-19(25)13-2-1-3-16(24)17(13)20(26)31-12-8-14(22)18(15(23)9-12)32(27,28)29/h1-9,24H,(H,27,28,29). The molecule has 0 radical (unpaired) electrons. The van der Waals surface area contributed by atoms with Gasteiger partial charge in [0.2, 0.25) is 0 Å². The van der Waals surface area contributed by atoms with Gasteiger partial charge in [-0.15, -0.1) is 0 Å². The summed E-state index contributed by atoms with van der Waals surface area (Å²) in [6.45, 7) is 0. The lowest BCUT2D eigenvalue weighted by atomic mass is 10.1. The SMILES string of the molecule is O=C(Oc1ccc(I)cc1)c1cccc(O)c1C(=O)Oc1cc(I)c(S(=O)(=O)O)c(I)c1. The van der Waals surface area contributed by atoms with E-state index in [1.165, 1.54) is 30.3 Å². The van der Waals surface area contributed by atoms with Crippen LogP contribution >= 0.6 is 67.8 Å². The van der Waals surface area contributed by atoms with Gasteiger partial charge in [0, 0.05) is 10.7 Å². The number of halogens is 3. The topological polar surface area (TPSA) is 127 Å². The van der Waals surface area contributed by atoms with Crippen molar-refractivity contribution in [1.29, 1.82) is 0 Å². The lowest BCUT2D eigenvalue weighted by Crippen LogP contribution is -2.18. The molecule has 2 N–H and O–H groups in total. The van der Waals surface area contributed by atoms with Crippen LogP contribution < -0.4 is 9.47 Å². The van der Waals surface area contributed by atoms with Crippen molar-refractivity contribution < 1.29 is 37.1 Å². The molecule has 166 valence electrons. The number of hydrogen-bond acceptors (Lipinski definition) is 7. The van der Waals surface area contributed by atoms with Gasteiger partial charge < -0.3 is 14.6 Å². The van der Waals surface area contributed by atoms with Gasteiger partial charge in [-0.1, -0.05) is 6.07 Å². The zero-order valence-electron chi connectivity index (χ0n) is 15.6. The summed E-state index contributed by atoms with van der Waals surface area (Å²) in [7, 11) is -4.48. The maximum absolute atomic E-state index is 12.8. The minimum atomic E-state index is -4.48. The van der Waals surface area contributed by atoms with Crippen LogP contribution in [0.1, 0.15) is 20.7 Å². The Morgan fingerprint density at radius 1 is 0.812 bits per heavy atom. The first-order chi connectivity index (χ1) is 15.0. The molecule has 0 aliphatic carbocycles. The molecule has 12 heteroatoms. The molecule has 3 aromatic rings. The Morgan fingerprint density at radius 3 is 1.94 bits per heavy atom. The first kappa shape index (κ1) is 25.1. The molecule has 8 nitrogen and oxygen atoms in total. The van der Waals surface area contributed by atoms with E-state index < -0.39 is 33.4 Å². The summed E-state index contributed by atoms with van der Waals surface area (Å²) in [6, 6.07) is 13.0. The highest BCUT2D eigenvalue weighted by atomic mass is 127. The third-order valence-corrected chi connectivity index (χ3v) is 8.04. The van der Waals surface area contributed by atoms with Crippen LogP contribution in [-0.2, 0) is 10.1 Å². The van der Waals surface area contributed by atoms with E-state index in [0.717, 1.165) is 3.57 Å². The predicted octanol–water partition coefficient (Wildman–Crippen LogP) is 4.89. The smallest absolute Gasteiger partial charge is 0.348 e. The molecule has 3 aromatic carbocycles. The van der Waals surface area contributed by atoms with Crippen molar-refractivity contribution in [2.45, 2.75) is 4.90 Å². The van der Waals surface area contributed by atoms with Crippen molar-refractivity contribution in [3.8, 4) is 17.2 Å². The van der Waals surface area contributed by atoms with Gasteiger partial charge in [0.05, 0.1) is 5.56 Å². The number of phenolic OH excluding ortho intramolecular Hbond substituents is 1. The van der Waals surface area contributed by atoms with Crippen molar-refractivity contribution >= 4 is 89.8 Å². The number of phenols is 1. The Kier molecular flexibility index (Phi) is 8.00. The molecule has 32 heavy (non-hydrogen) atoms. The third-order valence-electron chi connectivity index (χ3n) is 3.93. The molecule has 0 fully saturated rings. The summed E-state index contributed by atoms with van der Waals surface area (Å²) in [6.07, 6.45) is 0. The van der Waals surface area contributed by atoms with Crippen LogP contribution in [-0.4, -0.2) is 30.0 Å². The van der Waals surface area contributed by atoms with Crippen LogP contribution in [0.2, 0.25) is 0 Å². The Bertz CT molecular complexity index is 1300. The maximum atomic E-state index is 12.8. The lowest BCUT2D eigenvalue weighted by Gasteiger charge is -2.12. The molecule has 0 saturated carbocycles. The second kappa shape index (κ2) is 10.2. The molecule has 0 heterocycles. The van der Waals surface area contributed by atoms with Gasteiger partial charge in [-0.3, -0.25) is 4.55 Å². The second-order valence-electron chi connectivity index (χ2n) is 6.12. The second-order valence-corrected chi connectivity index (χ2v) is 11.1. The molecule has 3 rings (SSSR count). The number of benzene rings is 3. The zero-order valence-corrected chi connectivity index (χ0v) is 22.9. The van der Waals surface area contributed by atoms with Gasteiger partial charge in [0.25, 0.3) is 10.1 Å². The van der Waals surface area contributed by atoms with Gasteiger partial charge in [-0.25, -0.2) is 9.59 Å². The van der Waals surface area contributed by atoms with E-state index in [0.29, 0.717) is 0 Å². The van der Waals surface area contributed by atoms with Crippen molar-refractivity contribution in [3.05, 3.63) is 76.4 Å². The number of aromatic hydroxyl groups is 1. The number of rotatable bonds is 5. The quantitative estimate of drug-likeness (QED) is 0.162. The molecule has 0 aliphatic heterocycles. The highest BCUT2D eigenvalue weighted by Crippen LogP contribution is 2.31. The van der Waals surface area contributed by atoms with Gasteiger partial charge in [0.15, 0.2) is 0 Å². The van der Waals surface area contributed by atoms with Gasteiger partial charge in [-0.05, 0) is 116 Å². The number of ether oxygens (including phenoxy) is 2. The van der Waals surface area contributed by atoms with Crippen LogP contribution in [0.3, 0.4) is 0 Å². The molecule has 0 saturated heterocycles. The molecule has 0 atom stereocenters. The molecule has 0 spiro atoms. The summed E-state index contributed by atoms with van der Waals surface area (Å²) in [5.41, 5.74) is -0.626. The van der Waals surface area contributed by atoms with Gasteiger partial charge >= 0.3 is 11.9 Å². The minimum absolute atomic E-state index is 0.0450. The van der Waals surface area contributed by atoms with E-state index in [1.807, 2.05) is 0 Å². The molecule has 0 aliphatic rings. The number of carbonyl (C=O) groups excluding carboxylic acids is 2. The Hall–Kier alpha value is -1.50. The van der Waals surface area contributed by atoms with E-state index in [2.05, 4.69) is 22.6 Å². The summed E-state index contributed by atoms with van der Waals surface area (Å²) in [5.74, 6) is -2.21. The molecule has 0 unspecified atom stereocenters. The average Bonchev–Trinajstić information content (AvgIpc) is 2.67. The van der Waals surface area contributed by atoms with Crippen molar-refractivity contribution in [2.24, 2.45) is 0 Å². The van der Waals surface area contributed by atoms with Crippen LogP contribution in [0.4, 0.5) is 0 Å². The van der Waals surface area contributed by atoms with Crippen LogP contribution in [0, 0.1) is 10.7 Å². The van der Waals surface area contributed by atoms with Crippen molar-refractivity contribution in [3.63, 3.8) is 0 Å². The van der Waals surface area contributed by atoms with Crippen molar-refractivity contribution in [2.75, 3.05) is 0 Å². The van der Waals surface area contributed by atoms with Gasteiger partial charge in [0.1, 0.15) is 27.7 Å². The molecule has 0 bridgehead atoms. The summed E-state index contributed by atoms with van der Waals surface area (Å²) < 4.78 is 44.1. The highest BCUT2D eigenvalue weighted by Gasteiger charge is 2.26. The summed E-state index contributed by atoms with van der Waals surface area (Å²) in [4.78, 5) is 25.1. The Balaban J connectivity index is 1.92. The average molecular weight is 792 g/mol. The Labute approximate surface area is 223 Å². The van der Waals surface area contributed by atoms with Crippen LogP contribution in [0.15, 0.2) is 59.5 Å². The highest BCUT2D eigenvalue weighted by molar-refractivity contribution is 14.1. The summed E-state index contributed by atoms with van der Waals surface area (Å²) in [5, 5.41) is 10.2. The fourth-order valence-corrected chi connectivity index (χ4v) is 6.94. The molecule has 0 aromatic heterocycles. The first-order valence-electron chi connectivity index (χ1n) is 8.46. The van der Waals surface area contributed by atoms with E-state index >= 15 is 0 Å². The first-order valence-corrected chi connectivity index (χ1v) is 13.1. The number of esters is 2. The molecular weight excluding hydrogens is 781 g/mol. The van der Waals surface area contributed by atoms with Crippen LogP contribution in [0.5, 0.6) is 17.2 Å². The predicted molar refractivity (Wildman–Crippen MR) is 139 cm³/mol. The molecule has 0 amide bonds. The fraction of sp³-hybridized carbons (Fsp3) is 0. The number of carbonyl (C=O) groups is 2. The third kappa shape index (κ3) is 5.89. The fourth-order valence-electron chi connectivity index (χ4n) is 2.59. The van der Waals surface area contributed by atoms with Crippen molar-refractivity contribution in [1.82, 2.24) is 0 Å². The van der Waals surface area contributed by atoms with Gasteiger partial charge in [-0.2, -0.15) is 8.42 Å². The summed E-state index contributed by atoms with van der Waals surface area (Å²) >= 11 is 5.45. The normalized spacial score (nSPS) is 11.1. The molecular formula is C20H11I3O8S. The minimum Gasteiger partial charge on any atom is -0.507 e. The Morgan fingerprint density at radius 2 is 1.38 bits per heavy atom. The zero-order chi connectivity index (χ0) is 23.6. The lowest BCUT2D eigenvalue weighted by molar-refractivity contribution is 0.0689. The van der Waals surface area contributed by atoms with E-state index in [1.54, 1.807) is 69.4 Å². The van der Waals surface area contributed by atoms with Crippen LogP contribution in [0.25, 0.3) is 0 Å². The monoisotopic (exact) mass is 792 g/mol.